The topological polar surface area (TPSA) is 63.6 Å². The molecular weight excluding hydrogens is 229 g/mol. The highest BCUT2D eigenvalue weighted by molar-refractivity contribution is 5.87. The lowest BCUT2D eigenvalue weighted by Gasteiger charge is -2.15. The minimum atomic E-state index is -4.86. The number of alkyl halides is 3. The van der Waals surface area contributed by atoms with Crippen molar-refractivity contribution in [3.05, 3.63) is 11.6 Å². The lowest BCUT2D eigenvalue weighted by Crippen LogP contribution is -2.31. The molecular formula is C9H11F3O4. The SMILES string of the molecule is CCOC(=O)C(C=C(C)C(=O)O)C(F)(F)F. The molecule has 7 heteroatoms. The zero-order valence-corrected chi connectivity index (χ0v) is 8.67. The van der Waals surface area contributed by atoms with Crippen LogP contribution in [0.15, 0.2) is 11.6 Å². The van der Waals surface area contributed by atoms with E-state index in [1.807, 2.05) is 0 Å². The molecule has 0 heterocycles. The van der Waals surface area contributed by atoms with E-state index < -0.39 is 29.6 Å². The fourth-order valence-electron chi connectivity index (χ4n) is 0.849. The number of esters is 1. The first kappa shape index (κ1) is 14.5. The molecule has 1 N–H and O–H groups in total. The molecule has 0 bridgehead atoms. The minimum Gasteiger partial charge on any atom is -0.478 e. The Morgan fingerprint density at radius 2 is 1.94 bits per heavy atom. The third kappa shape index (κ3) is 4.33. The van der Waals surface area contributed by atoms with E-state index in [9.17, 15) is 22.8 Å². The van der Waals surface area contributed by atoms with Gasteiger partial charge in [0.15, 0.2) is 5.92 Å². The monoisotopic (exact) mass is 240 g/mol. The molecule has 0 aromatic rings. The first-order valence-corrected chi connectivity index (χ1v) is 4.35. The molecule has 0 aromatic heterocycles. The summed E-state index contributed by atoms with van der Waals surface area (Å²) in [5.74, 6) is -5.56. The normalized spacial score (nSPS) is 14.4. The number of carbonyl (C=O) groups excluding carboxylic acids is 1. The van der Waals surface area contributed by atoms with Gasteiger partial charge in [0.05, 0.1) is 6.61 Å². The molecule has 0 saturated heterocycles. The van der Waals surface area contributed by atoms with Crippen molar-refractivity contribution in [1.82, 2.24) is 0 Å². The van der Waals surface area contributed by atoms with Crippen LogP contribution in [0.25, 0.3) is 0 Å². The summed E-state index contributed by atoms with van der Waals surface area (Å²) >= 11 is 0. The lowest BCUT2D eigenvalue weighted by molar-refractivity contribution is -0.188. The first-order valence-electron chi connectivity index (χ1n) is 4.35. The largest absolute Gasteiger partial charge is 0.478 e. The standard InChI is InChI=1S/C9H11F3O4/c1-3-16-8(15)6(9(10,11)12)4-5(2)7(13)14/h4,6H,3H2,1-2H3,(H,13,14). The van der Waals surface area contributed by atoms with Gasteiger partial charge in [-0.15, -0.1) is 0 Å². The number of rotatable bonds is 4. The molecule has 16 heavy (non-hydrogen) atoms. The highest BCUT2D eigenvalue weighted by atomic mass is 19.4. The number of halogens is 3. The number of ether oxygens (including phenoxy) is 1. The number of hydrogen-bond acceptors (Lipinski definition) is 3. The van der Waals surface area contributed by atoms with Crippen LogP contribution in [0.1, 0.15) is 13.8 Å². The van der Waals surface area contributed by atoms with E-state index in [2.05, 4.69) is 4.74 Å². The van der Waals surface area contributed by atoms with Crippen molar-refractivity contribution in [3.63, 3.8) is 0 Å². The van der Waals surface area contributed by atoms with Crippen molar-refractivity contribution in [2.45, 2.75) is 20.0 Å². The number of carboxylic acid groups (broad SMARTS) is 1. The Labute approximate surface area is 89.7 Å². The van der Waals surface area contributed by atoms with Crippen LogP contribution in [0.4, 0.5) is 13.2 Å². The summed E-state index contributed by atoms with van der Waals surface area (Å²) in [6.07, 6.45) is -4.52. The third-order valence-electron chi connectivity index (χ3n) is 1.65. The van der Waals surface area contributed by atoms with Crippen LogP contribution in [0.3, 0.4) is 0 Å². The fraction of sp³-hybridized carbons (Fsp3) is 0.556. The maximum atomic E-state index is 12.4. The first-order chi connectivity index (χ1) is 7.20. The molecule has 0 aliphatic heterocycles. The minimum absolute atomic E-state index is 0.203. The Morgan fingerprint density at radius 3 is 2.25 bits per heavy atom. The van der Waals surface area contributed by atoms with Crippen molar-refractivity contribution >= 4 is 11.9 Å². The van der Waals surface area contributed by atoms with Gasteiger partial charge >= 0.3 is 18.1 Å². The third-order valence-corrected chi connectivity index (χ3v) is 1.65. The Hall–Kier alpha value is -1.53. The van der Waals surface area contributed by atoms with Gasteiger partial charge < -0.3 is 9.84 Å². The zero-order valence-electron chi connectivity index (χ0n) is 8.67. The van der Waals surface area contributed by atoms with Crippen molar-refractivity contribution in [3.8, 4) is 0 Å². The molecule has 0 amide bonds. The van der Waals surface area contributed by atoms with Crippen LogP contribution < -0.4 is 0 Å². The van der Waals surface area contributed by atoms with Crippen LogP contribution in [0.5, 0.6) is 0 Å². The Balaban J connectivity index is 5.05. The van der Waals surface area contributed by atoms with Gasteiger partial charge in [-0.2, -0.15) is 13.2 Å². The van der Waals surface area contributed by atoms with E-state index in [0.717, 1.165) is 6.92 Å². The molecule has 0 rings (SSSR count). The van der Waals surface area contributed by atoms with Gasteiger partial charge in [-0.05, 0) is 13.8 Å². The molecule has 1 atom stereocenters. The number of aliphatic carboxylic acids is 1. The van der Waals surface area contributed by atoms with Crippen LogP contribution in [0.2, 0.25) is 0 Å². The summed E-state index contributed by atoms with van der Waals surface area (Å²) < 4.78 is 41.4. The summed E-state index contributed by atoms with van der Waals surface area (Å²) in [7, 11) is 0. The van der Waals surface area contributed by atoms with Gasteiger partial charge in [-0.1, -0.05) is 6.08 Å². The summed E-state index contributed by atoms with van der Waals surface area (Å²) in [6, 6.07) is 0. The van der Waals surface area contributed by atoms with Gasteiger partial charge in [-0.25, -0.2) is 4.79 Å². The van der Waals surface area contributed by atoms with Crippen molar-refractivity contribution in [1.29, 1.82) is 0 Å². The summed E-state index contributed by atoms with van der Waals surface area (Å²) in [5.41, 5.74) is -0.560. The van der Waals surface area contributed by atoms with E-state index in [0.29, 0.717) is 6.08 Å². The molecule has 0 fully saturated rings. The average Bonchev–Trinajstić information content (AvgIpc) is 2.11. The van der Waals surface area contributed by atoms with Crippen LogP contribution in [-0.4, -0.2) is 29.8 Å². The van der Waals surface area contributed by atoms with Gasteiger partial charge in [0, 0.05) is 5.57 Å². The highest BCUT2D eigenvalue weighted by Crippen LogP contribution is 2.29. The predicted molar refractivity (Wildman–Crippen MR) is 47.6 cm³/mol. The Kier molecular flexibility index (Phi) is 5.00. The second-order valence-corrected chi connectivity index (χ2v) is 2.93. The quantitative estimate of drug-likeness (QED) is 0.600. The van der Waals surface area contributed by atoms with Crippen LogP contribution >= 0.6 is 0 Å². The number of hydrogen-bond donors (Lipinski definition) is 1. The summed E-state index contributed by atoms with van der Waals surface area (Å²) in [5, 5.41) is 8.42. The fourth-order valence-corrected chi connectivity index (χ4v) is 0.849. The molecule has 92 valence electrons. The average molecular weight is 240 g/mol. The predicted octanol–water partition coefficient (Wildman–Crippen LogP) is 1.76. The van der Waals surface area contributed by atoms with Crippen LogP contribution in [-0.2, 0) is 14.3 Å². The van der Waals surface area contributed by atoms with E-state index in [1.54, 1.807) is 0 Å². The van der Waals surface area contributed by atoms with E-state index in [-0.39, 0.29) is 6.61 Å². The molecule has 0 aliphatic rings. The summed E-state index contributed by atoms with van der Waals surface area (Å²) in [6.45, 7) is 2.13. The molecule has 0 aromatic carbocycles. The van der Waals surface area contributed by atoms with Crippen molar-refractivity contribution in [2.75, 3.05) is 6.61 Å². The molecule has 1 unspecified atom stereocenters. The second kappa shape index (κ2) is 5.53. The Bertz CT molecular complexity index is 306. The molecule has 0 spiro atoms. The maximum absolute atomic E-state index is 12.4. The van der Waals surface area contributed by atoms with Gasteiger partial charge in [-0.3, -0.25) is 4.79 Å². The van der Waals surface area contributed by atoms with E-state index in [1.165, 1.54) is 6.92 Å². The lowest BCUT2D eigenvalue weighted by atomic mass is 10.1. The molecule has 4 nitrogen and oxygen atoms in total. The van der Waals surface area contributed by atoms with Crippen molar-refractivity contribution in [2.24, 2.45) is 5.92 Å². The zero-order chi connectivity index (χ0) is 12.9. The number of carboxylic acids is 1. The number of carbonyl (C=O) groups is 2. The van der Waals surface area contributed by atoms with E-state index >= 15 is 0 Å². The smallest absolute Gasteiger partial charge is 0.405 e. The van der Waals surface area contributed by atoms with Gasteiger partial charge in [0.2, 0.25) is 0 Å². The summed E-state index contributed by atoms with van der Waals surface area (Å²) in [4.78, 5) is 21.3. The highest BCUT2D eigenvalue weighted by Gasteiger charge is 2.44. The molecule has 0 radical (unpaired) electrons. The van der Waals surface area contributed by atoms with E-state index in [4.69, 9.17) is 5.11 Å². The Morgan fingerprint density at radius 1 is 1.44 bits per heavy atom. The molecule has 0 saturated carbocycles. The second-order valence-electron chi connectivity index (χ2n) is 2.93. The van der Waals surface area contributed by atoms with Gasteiger partial charge in [0.1, 0.15) is 0 Å². The molecule has 0 aliphatic carbocycles. The van der Waals surface area contributed by atoms with Gasteiger partial charge in [0.25, 0.3) is 0 Å². The van der Waals surface area contributed by atoms with Crippen LogP contribution in [0, 0.1) is 5.92 Å². The van der Waals surface area contributed by atoms with Crippen molar-refractivity contribution < 1.29 is 32.6 Å². The maximum Gasteiger partial charge on any atom is 0.405 e.